The Kier molecular flexibility index (Phi) is 13.6. The number of carboxylic acid groups (broad SMARTS) is 1. The Morgan fingerprint density at radius 1 is 1.04 bits per heavy atom. The molecule has 1 aliphatic heterocycles. The average Bonchev–Trinajstić information content (AvgIpc) is 3.54. The third-order valence-electron chi connectivity index (χ3n) is 7.30. The molecule has 2 aromatic carbocycles. The van der Waals surface area contributed by atoms with Gasteiger partial charge in [-0.05, 0) is 44.4 Å². The van der Waals surface area contributed by atoms with Gasteiger partial charge in [0.05, 0.1) is 24.0 Å². The number of benzene rings is 2. The van der Waals surface area contributed by atoms with Crippen LogP contribution >= 0.6 is 7.52 Å². The van der Waals surface area contributed by atoms with Gasteiger partial charge in [0.15, 0.2) is 0 Å². The summed E-state index contributed by atoms with van der Waals surface area (Å²) in [5.74, 6) is -3.62. The number of nitro groups is 1. The van der Waals surface area contributed by atoms with Crippen LogP contribution in [0.5, 0.6) is 0 Å². The van der Waals surface area contributed by atoms with E-state index in [1.165, 1.54) is 35.9 Å². The zero-order valence-electron chi connectivity index (χ0n) is 26.0. The third-order valence-corrected chi connectivity index (χ3v) is 9.78. The van der Waals surface area contributed by atoms with Gasteiger partial charge >= 0.3 is 5.97 Å². The predicted molar refractivity (Wildman–Crippen MR) is 170 cm³/mol. The summed E-state index contributed by atoms with van der Waals surface area (Å²) < 4.78 is 21.1. The fraction of sp³-hybridized carbons (Fsp3) is 0.433. The molecule has 17 heteroatoms. The smallest absolute Gasteiger partial charge is 0.303 e. The first-order valence-corrected chi connectivity index (χ1v) is 16.8. The Labute approximate surface area is 271 Å². The van der Waals surface area contributed by atoms with Crippen LogP contribution in [0.25, 0.3) is 0 Å². The van der Waals surface area contributed by atoms with Gasteiger partial charge in [0.2, 0.25) is 23.6 Å². The lowest BCUT2D eigenvalue weighted by Crippen LogP contribution is -2.51. The number of hydrogen-bond acceptors (Lipinski definition) is 9. The molecule has 0 radical (unpaired) electrons. The molecule has 4 amide bonds. The molecular formula is C30H39N6O10P. The molecule has 254 valence electrons. The van der Waals surface area contributed by atoms with E-state index in [1.807, 2.05) is 6.07 Å². The number of non-ortho nitro benzene ring substituents is 1. The lowest BCUT2D eigenvalue weighted by Gasteiger charge is -2.32. The summed E-state index contributed by atoms with van der Waals surface area (Å²) in [6.45, 7) is 3.22. The number of carboxylic acids is 1. The summed E-state index contributed by atoms with van der Waals surface area (Å²) in [5.41, 5.74) is 0.898. The molecule has 16 nitrogen and oxygen atoms in total. The molecule has 2 unspecified atom stereocenters. The standard InChI is InChI=1S/C30H39N6O10P/c1-3-46-47(45,19-31-28(40)20(2)32-26(37)15-16-27(38)39)35-17-7-10-25(35)30(42)34-24(18-21-8-5-4-6-9-21)29(41)33-22-11-13-23(14-12-22)36(43)44/h4-6,8-9,11-14,20,24-25H,3,7,10,15-19H2,1-2H3,(H,31,40)(H,32,37)(H,33,41)(H,34,42)(H,38,39)/t20-,24-,25?,47?/m0/s1. The van der Waals surface area contributed by atoms with Gasteiger partial charge in [0.25, 0.3) is 13.2 Å². The molecule has 0 saturated carbocycles. The molecule has 2 aromatic rings. The first-order chi connectivity index (χ1) is 22.3. The number of amides is 4. The van der Waals surface area contributed by atoms with Crippen molar-refractivity contribution >= 4 is 48.5 Å². The Morgan fingerprint density at radius 3 is 2.34 bits per heavy atom. The highest BCUT2D eigenvalue weighted by Crippen LogP contribution is 2.53. The molecule has 0 aliphatic carbocycles. The molecule has 0 aromatic heterocycles. The van der Waals surface area contributed by atoms with E-state index in [1.54, 1.807) is 31.2 Å². The molecule has 4 atom stereocenters. The molecular weight excluding hydrogens is 635 g/mol. The third kappa shape index (κ3) is 11.0. The summed E-state index contributed by atoms with van der Waals surface area (Å²) in [7, 11) is -3.84. The van der Waals surface area contributed by atoms with Crippen molar-refractivity contribution in [3.63, 3.8) is 0 Å². The van der Waals surface area contributed by atoms with Crippen LogP contribution in [0.15, 0.2) is 54.6 Å². The highest BCUT2D eigenvalue weighted by Gasteiger charge is 2.44. The number of nitrogens with one attached hydrogen (secondary N) is 4. The van der Waals surface area contributed by atoms with E-state index in [0.717, 1.165) is 5.56 Å². The van der Waals surface area contributed by atoms with Crippen LogP contribution in [0, 0.1) is 10.1 Å². The van der Waals surface area contributed by atoms with Crippen molar-refractivity contribution < 1.29 is 43.1 Å². The number of anilines is 1. The van der Waals surface area contributed by atoms with Gasteiger partial charge in [-0.3, -0.25) is 38.7 Å². The second kappa shape index (κ2) is 17.3. The number of hydrogen-bond donors (Lipinski definition) is 5. The van der Waals surface area contributed by atoms with Crippen molar-refractivity contribution in [1.82, 2.24) is 20.6 Å². The highest BCUT2D eigenvalue weighted by molar-refractivity contribution is 7.56. The number of carbonyl (C=O) groups excluding carboxylic acids is 4. The molecule has 0 spiro atoms. The van der Waals surface area contributed by atoms with Gasteiger partial charge in [-0.25, -0.2) is 4.67 Å². The van der Waals surface area contributed by atoms with Crippen LogP contribution in [0.2, 0.25) is 0 Å². The number of nitrogens with zero attached hydrogens (tertiary/aromatic N) is 2. The minimum atomic E-state index is -3.84. The quantitative estimate of drug-likeness (QED) is 0.0930. The summed E-state index contributed by atoms with van der Waals surface area (Å²) >= 11 is 0. The zero-order valence-corrected chi connectivity index (χ0v) is 26.9. The van der Waals surface area contributed by atoms with Crippen molar-refractivity contribution in [2.45, 2.75) is 64.1 Å². The van der Waals surface area contributed by atoms with Gasteiger partial charge in [-0.2, -0.15) is 0 Å². The maximum Gasteiger partial charge on any atom is 0.303 e. The molecule has 0 bridgehead atoms. The molecule has 1 heterocycles. The Morgan fingerprint density at radius 2 is 1.72 bits per heavy atom. The van der Waals surface area contributed by atoms with Crippen molar-refractivity contribution in [1.29, 1.82) is 0 Å². The first kappa shape index (κ1) is 36.8. The minimum absolute atomic E-state index is 0.00768. The number of nitro benzene ring substituents is 1. The Hall–Kier alpha value is -4.66. The number of aliphatic carboxylic acids is 1. The van der Waals surface area contributed by atoms with Crippen LogP contribution < -0.4 is 21.3 Å². The molecule has 1 saturated heterocycles. The summed E-state index contributed by atoms with van der Waals surface area (Å²) in [5, 5.41) is 30.1. The highest BCUT2D eigenvalue weighted by atomic mass is 31.2. The van der Waals surface area contributed by atoms with Gasteiger partial charge in [0.1, 0.15) is 18.4 Å². The van der Waals surface area contributed by atoms with Gasteiger partial charge in [-0.15, -0.1) is 0 Å². The van der Waals surface area contributed by atoms with Crippen molar-refractivity contribution in [2.24, 2.45) is 0 Å². The van der Waals surface area contributed by atoms with E-state index in [-0.39, 0.29) is 31.7 Å². The van der Waals surface area contributed by atoms with E-state index in [2.05, 4.69) is 21.3 Å². The van der Waals surface area contributed by atoms with Crippen LogP contribution in [0.3, 0.4) is 0 Å². The van der Waals surface area contributed by atoms with Gasteiger partial charge in [-0.1, -0.05) is 30.3 Å². The lowest BCUT2D eigenvalue weighted by molar-refractivity contribution is -0.384. The SMILES string of the molecule is CCOP(=O)(CNC(=O)[C@H](C)NC(=O)CCC(=O)O)N1CCCC1C(=O)N[C@@H](Cc1ccccc1)C(=O)Nc1ccc([N+](=O)[O-])cc1. The molecule has 5 N–H and O–H groups in total. The fourth-order valence-electron chi connectivity index (χ4n) is 4.95. The van der Waals surface area contributed by atoms with E-state index < -0.39 is 72.9 Å². The van der Waals surface area contributed by atoms with E-state index in [4.69, 9.17) is 9.63 Å². The largest absolute Gasteiger partial charge is 0.481 e. The predicted octanol–water partition coefficient (Wildman–Crippen LogP) is 2.40. The van der Waals surface area contributed by atoms with Crippen LogP contribution in [0.4, 0.5) is 11.4 Å². The second-order valence-corrected chi connectivity index (χ2v) is 13.2. The maximum atomic E-state index is 14.1. The molecule has 47 heavy (non-hydrogen) atoms. The van der Waals surface area contributed by atoms with Crippen LogP contribution in [0.1, 0.15) is 45.1 Å². The molecule has 3 rings (SSSR count). The normalized spacial score (nSPS) is 17.0. The fourth-order valence-corrected chi connectivity index (χ4v) is 7.22. The molecule has 1 fully saturated rings. The Bertz CT molecular complexity index is 1490. The monoisotopic (exact) mass is 674 g/mol. The van der Waals surface area contributed by atoms with E-state index in [9.17, 15) is 38.7 Å². The summed E-state index contributed by atoms with van der Waals surface area (Å²) in [6, 6.07) is 11.1. The summed E-state index contributed by atoms with van der Waals surface area (Å²) in [4.78, 5) is 72.9. The zero-order chi connectivity index (χ0) is 34.6. The average molecular weight is 675 g/mol. The minimum Gasteiger partial charge on any atom is -0.481 e. The second-order valence-electron chi connectivity index (χ2n) is 10.8. The van der Waals surface area contributed by atoms with Crippen molar-refractivity contribution in [2.75, 3.05) is 24.8 Å². The van der Waals surface area contributed by atoms with E-state index >= 15 is 0 Å². The van der Waals surface area contributed by atoms with E-state index in [0.29, 0.717) is 18.5 Å². The molecule has 1 aliphatic rings. The maximum absolute atomic E-state index is 14.1. The van der Waals surface area contributed by atoms with Crippen LogP contribution in [-0.2, 0) is 39.5 Å². The van der Waals surface area contributed by atoms with Crippen molar-refractivity contribution in [3.05, 3.63) is 70.3 Å². The first-order valence-electron chi connectivity index (χ1n) is 15.0. The Balaban J connectivity index is 1.72. The summed E-state index contributed by atoms with van der Waals surface area (Å²) in [6.07, 6.45) is -0.276. The topological polar surface area (TPSA) is 226 Å². The van der Waals surface area contributed by atoms with Gasteiger partial charge < -0.3 is 30.9 Å². The number of rotatable bonds is 17. The van der Waals surface area contributed by atoms with Gasteiger partial charge in [0, 0.05) is 37.2 Å². The van der Waals surface area contributed by atoms with Crippen molar-refractivity contribution in [3.8, 4) is 0 Å². The lowest BCUT2D eigenvalue weighted by atomic mass is 10.0. The number of carbonyl (C=O) groups is 5. The van der Waals surface area contributed by atoms with Crippen LogP contribution in [-0.4, -0.2) is 81.9 Å².